The first-order valence-corrected chi connectivity index (χ1v) is 7.51. The van der Waals surface area contributed by atoms with E-state index in [2.05, 4.69) is 20.4 Å². The van der Waals surface area contributed by atoms with Crippen molar-refractivity contribution in [2.24, 2.45) is 0 Å². The van der Waals surface area contributed by atoms with Crippen LogP contribution in [0.3, 0.4) is 0 Å². The fourth-order valence-corrected chi connectivity index (χ4v) is 2.03. The molecule has 124 valence electrons. The van der Waals surface area contributed by atoms with E-state index < -0.39 is 0 Å². The van der Waals surface area contributed by atoms with Gasteiger partial charge in [-0.05, 0) is 46.9 Å². The molecule has 1 amide bonds. The van der Waals surface area contributed by atoms with Crippen molar-refractivity contribution >= 4 is 5.91 Å². The maximum Gasteiger partial charge on any atom is 0.244 e. The van der Waals surface area contributed by atoms with Crippen molar-refractivity contribution in [1.82, 2.24) is 25.3 Å². The van der Waals surface area contributed by atoms with Gasteiger partial charge in [-0.2, -0.15) is 4.98 Å². The monoisotopic (exact) mass is 317 g/mol. The Bertz CT molecular complexity index is 648. The third kappa shape index (κ3) is 4.85. The van der Waals surface area contributed by atoms with Gasteiger partial charge in [0, 0.05) is 23.5 Å². The Morgan fingerprint density at radius 2 is 2.17 bits per heavy atom. The van der Waals surface area contributed by atoms with Gasteiger partial charge in [-0.3, -0.25) is 14.7 Å². The van der Waals surface area contributed by atoms with Crippen LogP contribution in [-0.4, -0.2) is 45.1 Å². The third-order valence-electron chi connectivity index (χ3n) is 3.29. The molecule has 0 saturated heterocycles. The van der Waals surface area contributed by atoms with E-state index in [0.29, 0.717) is 11.7 Å². The normalized spacial score (nSPS) is 13.1. The molecule has 0 aliphatic carbocycles. The second kappa shape index (κ2) is 6.87. The van der Waals surface area contributed by atoms with Gasteiger partial charge in [0.2, 0.25) is 17.6 Å². The predicted octanol–water partition coefficient (Wildman–Crippen LogP) is 2.04. The van der Waals surface area contributed by atoms with Gasteiger partial charge in [0.05, 0.1) is 12.6 Å². The summed E-state index contributed by atoms with van der Waals surface area (Å²) in [6.45, 7) is 8.03. The average molecular weight is 317 g/mol. The predicted molar refractivity (Wildman–Crippen MR) is 86.5 cm³/mol. The number of hydrogen-bond acceptors (Lipinski definition) is 6. The molecule has 2 aromatic heterocycles. The van der Waals surface area contributed by atoms with Crippen LogP contribution in [0.5, 0.6) is 0 Å². The lowest BCUT2D eigenvalue weighted by Gasteiger charge is -2.25. The van der Waals surface area contributed by atoms with Gasteiger partial charge >= 0.3 is 0 Å². The van der Waals surface area contributed by atoms with E-state index in [1.54, 1.807) is 12.4 Å². The lowest BCUT2D eigenvalue weighted by molar-refractivity contribution is -0.123. The Labute approximate surface area is 136 Å². The van der Waals surface area contributed by atoms with E-state index in [0.717, 1.165) is 5.56 Å². The first-order valence-electron chi connectivity index (χ1n) is 7.51. The van der Waals surface area contributed by atoms with Gasteiger partial charge in [0.15, 0.2) is 0 Å². The summed E-state index contributed by atoms with van der Waals surface area (Å²) < 4.78 is 5.32. The first-order chi connectivity index (χ1) is 10.8. The number of amides is 1. The minimum absolute atomic E-state index is 0.0427. The average Bonchev–Trinajstić information content (AvgIpc) is 2.95. The number of nitrogens with one attached hydrogen (secondary N) is 1. The summed E-state index contributed by atoms with van der Waals surface area (Å²) in [5.74, 6) is 0.918. The van der Waals surface area contributed by atoms with Crippen LogP contribution in [0.2, 0.25) is 0 Å². The molecule has 0 bridgehead atoms. The SMILES string of the molecule is CC(c1nc(-c2cccnc2)no1)N(C)CC(=O)NC(C)(C)C. The van der Waals surface area contributed by atoms with E-state index in [9.17, 15) is 4.79 Å². The molecule has 0 radical (unpaired) electrons. The highest BCUT2D eigenvalue weighted by molar-refractivity contribution is 5.78. The second-order valence-corrected chi connectivity index (χ2v) is 6.59. The van der Waals surface area contributed by atoms with Gasteiger partial charge in [-0.1, -0.05) is 5.16 Å². The lowest BCUT2D eigenvalue weighted by Crippen LogP contribution is -2.45. The van der Waals surface area contributed by atoms with Crippen LogP contribution in [0.25, 0.3) is 11.4 Å². The van der Waals surface area contributed by atoms with Crippen LogP contribution >= 0.6 is 0 Å². The largest absolute Gasteiger partial charge is 0.350 e. The number of likely N-dealkylation sites (N-methyl/N-ethyl adjacent to an activating group) is 1. The standard InChI is InChI=1S/C16H23N5O2/c1-11(21(5)10-13(22)19-16(2,3)4)15-18-14(20-23-15)12-7-6-8-17-9-12/h6-9,11H,10H2,1-5H3,(H,19,22). The van der Waals surface area contributed by atoms with Crippen LogP contribution < -0.4 is 5.32 Å². The summed E-state index contributed by atoms with van der Waals surface area (Å²) >= 11 is 0. The van der Waals surface area contributed by atoms with Crippen LogP contribution in [0.15, 0.2) is 29.0 Å². The van der Waals surface area contributed by atoms with Crippen LogP contribution in [0, 0.1) is 0 Å². The Kier molecular flexibility index (Phi) is 5.10. The minimum Gasteiger partial charge on any atom is -0.350 e. The molecule has 1 unspecified atom stereocenters. The van der Waals surface area contributed by atoms with E-state index in [-0.39, 0.29) is 24.0 Å². The number of pyridine rings is 1. The van der Waals surface area contributed by atoms with E-state index in [1.807, 2.05) is 51.8 Å². The van der Waals surface area contributed by atoms with Gasteiger partial charge in [0.25, 0.3) is 0 Å². The van der Waals surface area contributed by atoms with E-state index >= 15 is 0 Å². The molecule has 2 aromatic rings. The molecular weight excluding hydrogens is 294 g/mol. The molecule has 0 aromatic carbocycles. The fraction of sp³-hybridized carbons (Fsp3) is 0.500. The summed E-state index contributed by atoms with van der Waals surface area (Å²) in [6.07, 6.45) is 3.37. The molecule has 0 aliphatic rings. The Morgan fingerprint density at radius 3 is 2.78 bits per heavy atom. The molecule has 2 heterocycles. The van der Waals surface area contributed by atoms with Crippen molar-refractivity contribution in [3.63, 3.8) is 0 Å². The summed E-state index contributed by atoms with van der Waals surface area (Å²) in [5.41, 5.74) is 0.543. The minimum atomic E-state index is -0.251. The molecule has 0 spiro atoms. The number of carbonyl (C=O) groups is 1. The lowest BCUT2D eigenvalue weighted by atomic mass is 10.1. The molecule has 0 saturated carbocycles. The molecule has 1 atom stereocenters. The molecule has 23 heavy (non-hydrogen) atoms. The van der Waals surface area contributed by atoms with E-state index in [4.69, 9.17) is 4.52 Å². The van der Waals surface area contributed by atoms with Gasteiger partial charge < -0.3 is 9.84 Å². The van der Waals surface area contributed by atoms with Crippen molar-refractivity contribution in [3.05, 3.63) is 30.4 Å². The van der Waals surface area contributed by atoms with Gasteiger partial charge in [-0.25, -0.2) is 0 Å². The maximum atomic E-state index is 12.0. The second-order valence-electron chi connectivity index (χ2n) is 6.59. The van der Waals surface area contributed by atoms with Crippen molar-refractivity contribution < 1.29 is 9.32 Å². The first kappa shape index (κ1) is 17.1. The van der Waals surface area contributed by atoms with Crippen LogP contribution in [0.4, 0.5) is 0 Å². The van der Waals surface area contributed by atoms with Gasteiger partial charge in [0.1, 0.15) is 0 Å². The topological polar surface area (TPSA) is 84.2 Å². The van der Waals surface area contributed by atoms with E-state index in [1.165, 1.54) is 0 Å². The highest BCUT2D eigenvalue weighted by Crippen LogP contribution is 2.20. The molecule has 0 aliphatic heterocycles. The smallest absolute Gasteiger partial charge is 0.244 e. The molecule has 7 heteroatoms. The number of nitrogens with zero attached hydrogens (tertiary/aromatic N) is 4. The highest BCUT2D eigenvalue weighted by atomic mass is 16.5. The highest BCUT2D eigenvalue weighted by Gasteiger charge is 2.22. The Balaban J connectivity index is 2.01. The number of rotatable bonds is 5. The molecule has 1 N–H and O–H groups in total. The number of carbonyl (C=O) groups excluding carboxylic acids is 1. The summed E-state index contributed by atoms with van der Waals surface area (Å²) in [6, 6.07) is 3.52. The zero-order valence-corrected chi connectivity index (χ0v) is 14.2. The number of aromatic nitrogens is 3. The molecular formula is C16H23N5O2. The van der Waals surface area contributed by atoms with Crippen molar-refractivity contribution in [2.75, 3.05) is 13.6 Å². The Morgan fingerprint density at radius 1 is 1.43 bits per heavy atom. The quantitative estimate of drug-likeness (QED) is 0.908. The maximum absolute atomic E-state index is 12.0. The molecule has 7 nitrogen and oxygen atoms in total. The van der Waals surface area contributed by atoms with Crippen molar-refractivity contribution in [1.29, 1.82) is 0 Å². The molecule has 2 rings (SSSR count). The van der Waals surface area contributed by atoms with Crippen LogP contribution in [-0.2, 0) is 4.79 Å². The Hall–Kier alpha value is -2.28. The fourth-order valence-electron chi connectivity index (χ4n) is 2.03. The summed E-state index contributed by atoms with van der Waals surface area (Å²) in [7, 11) is 1.85. The van der Waals surface area contributed by atoms with Gasteiger partial charge in [-0.15, -0.1) is 0 Å². The zero-order chi connectivity index (χ0) is 17.0. The third-order valence-corrected chi connectivity index (χ3v) is 3.29. The van der Waals surface area contributed by atoms with Crippen molar-refractivity contribution in [2.45, 2.75) is 39.3 Å². The zero-order valence-electron chi connectivity index (χ0n) is 14.2. The van der Waals surface area contributed by atoms with Crippen LogP contribution in [0.1, 0.15) is 39.6 Å². The summed E-state index contributed by atoms with van der Waals surface area (Å²) in [4.78, 5) is 22.3. The number of hydrogen-bond donors (Lipinski definition) is 1. The summed E-state index contributed by atoms with van der Waals surface area (Å²) in [5, 5.41) is 6.91. The van der Waals surface area contributed by atoms with Crippen molar-refractivity contribution in [3.8, 4) is 11.4 Å². The molecule has 0 fully saturated rings.